The third kappa shape index (κ3) is 1.29. The summed E-state index contributed by atoms with van der Waals surface area (Å²) in [7, 11) is 0. The van der Waals surface area contributed by atoms with Gasteiger partial charge in [-0.15, -0.1) is 0 Å². The lowest BCUT2D eigenvalue weighted by Gasteiger charge is -1.95. The molecule has 12 heavy (non-hydrogen) atoms. The van der Waals surface area contributed by atoms with Crippen LogP contribution in [0.5, 0.6) is 0 Å². The Morgan fingerprint density at radius 3 is 2.92 bits per heavy atom. The Morgan fingerprint density at radius 1 is 1.33 bits per heavy atom. The van der Waals surface area contributed by atoms with Crippen LogP contribution in [0.15, 0.2) is 30.5 Å². The molecule has 2 N–H and O–H groups in total. The Bertz CT molecular complexity index is 370. The van der Waals surface area contributed by atoms with Crippen LogP contribution >= 0.6 is 11.7 Å². The second-order valence-corrected chi connectivity index (χ2v) is 2.97. The molecule has 0 amide bonds. The molecule has 1 heterocycles. The highest BCUT2D eigenvalue weighted by molar-refractivity contribution is 6.99. The summed E-state index contributed by atoms with van der Waals surface area (Å²) < 4.78 is 8.02. The standard InChI is InChI=1S/C8H7N3S/c9-7-3-1-2-6(4-7)8-5-10-12-11-8/h1-5H,9H2. The van der Waals surface area contributed by atoms with Crippen molar-refractivity contribution < 1.29 is 0 Å². The topological polar surface area (TPSA) is 51.8 Å². The van der Waals surface area contributed by atoms with Crippen molar-refractivity contribution in [3.8, 4) is 11.3 Å². The number of nitrogens with two attached hydrogens (primary N) is 1. The van der Waals surface area contributed by atoms with Gasteiger partial charge in [0.1, 0.15) is 5.69 Å². The number of rotatable bonds is 1. The highest BCUT2D eigenvalue weighted by Gasteiger charge is 1.99. The van der Waals surface area contributed by atoms with Crippen molar-refractivity contribution in [3.63, 3.8) is 0 Å². The first-order valence-corrected chi connectivity index (χ1v) is 4.23. The lowest BCUT2D eigenvalue weighted by Crippen LogP contribution is -1.84. The second-order valence-electron chi connectivity index (χ2n) is 2.42. The van der Waals surface area contributed by atoms with E-state index >= 15 is 0 Å². The molecule has 60 valence electrons. The van der Waals surface area contributed by atoms with E-state index in [-0.39, 0.29) is 0 Å². The SMILES string of the molecule is Nc1cccc(-c2cnsn2)c1. The first kappa shape index (κ1) is 7.24. The molecule has 4 heteroatoms. The maximum Gasteiger partial charge on any atom is 0.104 e. The summed E-state index contributed by atoms with van der Waals surface area (Å²) >= 11 is 1.20. The first-order valence-electron chi connectivity index (χ1n) is 3.50. The van der Waals surface area contributed by atoms with Crippen LogP contribution < -0.4 is 5.73 Å². The summed E-state index contributed by atoms with van der Waals surface area (Å²) in [6.45, 7) is 0. The highest BCUT2D eigenvalue weighted by atomic mass is 32.1. The van der Waals surface area contributed by atoms with Crippen molar-refractivity contribution in [1.82, 2.24) is 8.75 Å². The van der Waals surface area contributed by atoms with E-state index in [2.05, 4.69) is 8.75 Å². The fraction of sp³-hybridized carbons (Fsp3) is 0. The molecular formula is C8H7N3S. The maximum atomic E-state index is 5.62. The number of hydrogen-bond acceptors (Lipinski definition) is 4. The van der Waals surface area contributed by atoms with Crippen LogP contribution in [0, 0.1) is 0 Å². The van der Waals surface area contributed by atoms with Crippen molar-refractivity contribution in [2.75, 3.05) is 5.73 Å². The summed E-state index contributed by atoms with van der Waals surface area (Å²) in [6, 6.07) is 7.61. The zero-order valence-electron chi connectivity index (χ0n) is 6.27. The largest absolute Gasteiger partial charge is 0.399 e. The molecule has 0 fully saturated rings. The van der Waals surface area contributed by atoms with E-state index in [1.54, 1.807) is 6.20 Å². The van der Waals surface area contributed by atoms with Crippen molar-refractivity contribution in [2.45, 2.75) is 0 Å². The molecule has 0 atom stereocenters. The predicted octanol–water partition coefficient (Wildman–Crippen LogP) is 1.79. The second kappa shape index (κ2) is 2.91. The van der Waals surface area contributed by atoms with Crippen LogP contribution in [0.2, 0.25) is 0 Å². The molecule has 0 aliphatic rings. The molecule has 1 aromatic carbocycles. The van der Waals surface area contributed by atoms with E-state index in [0.29, 0.717) is 0 Å². The van der Waals surface area contributed by atoms with Gasteiger partial charge < -0.3 is 5.73 Å². The zero-order valence-corrected chi connectivity index (χ0v) is 7.08. The van der Waals surface area contributed by atoms with Crippen LogP contribution in [0.3, 0.4) is 0 Å². The monoisotopic (exact) mass is 177 g/mol. The van der Waals surface area contributed by atoms with E-state index in [1.807, 2.05) is 24.3 Å². The Balaban J connectivity index is 2.48. The summed E-state index contributed by atoms with van der Waals surface area (Å²) in [5, 5.41) is 0. The Kier molecular flexibility index (Phi) is 1.75. The Morgan fingerprint density at radius 2 is 2.25 bits per heavy atom. The van der Waals surface area contributed by atoms with Gasteiger partial charge in [-0.3, -0.25) is 0 Å². The quantitative estimate of drug-likeness (QED) is 0.675. The normalized spacial score (nSPS) is 10.0. The van der Waals surface area contributed by atoms with E-state index in [4.69, 9.17) is 5.73 Å². The van der Waals surface area contributed by atoms with Crippen molar-refractivity contribution in [1.29, 1.82) is 0 Å². The van der Waals surface area contributed by atoms with Crippen LogP contribution in [0.1, 0.15) is 0 Å². The minimum atomic E-state index is 0.750. The fourth-order valence-electron chi connectivity index (χ4n) is 0.990. The van der Waals surface area contributed by atoms with Gasteiger partial charge in [0, 0.05) is 11.3 Å². The average Bonchev–Trinajstić information content (AvgIpc) is 2.56. The molecule has 0 radical (unpaired) electrons. The molecule has 0 spiro atoms. The lowest BCUT2D eigenvalue weighted by molar-refractivity contribution is 1.49. The summed E-state index contributed by atoms with van der Waals surface area (Å²) in [6.07, 6.45) is 1.74. The molecule has 0 aliphatic carbocycles. The molecule has 2 rings (SSSR count). The number of benzene rings is 1. The number of aromatic nitrogens is 2. The lowest BCUT2D eigenvalue weighted by atomic mass is 10.1. The maximum absolute atomic E-state index is 5.62. The molecule has 0 unspecified atom stereocenters. The van der Waals surface area contributed by atoms with Crippen molar-refractivity contribution in [3.05, 3.63) is 30.5 Å². The number of anilines is 1. The van der Waals surface area contributed by atoms with E-state index in [0.717, 1.165) is 16.9 Å². The number of nitrogen functional groups attached to an aromatic ring is 1. The van der Waals surface area contributed by atoms with Gasteiger partial charge >= 0.3 is 0 Å². The molecule has 3 nitrogen and oxygen atoms in total. The summed E-state index contributed by atoms with van der Waals surface area (Å²) in [4.78, 5) is 0. The van der Waals surface area contributed by atoms with Gasteiger partial charge in [0.2, 0.25) is 0 Å². The van der Waals surface area contributed by atoms with E-state index < -0.39 is 0 Å². The van der Waals surface area contributed by atoms with Gasteiger partial charge in [0.25, 0.3) is 0 Å². The predicted molar refractivity (Wildman–Crippen MR) is 49.8 cm³/mol. The number of nitrogens with zero attached hydrogens (tertiary/aromatic N) is 2. The third-order valence-electron chi connectivity index (χ3n) is 1.54. The Hall–Kier alpha value is -1.42. The molecule has 0 saturated heterocycles. The average molecular weight is 177 g/mol. The fourth-order valence-corrected chi connectivity index (χ4v) is 1.42. The van der Waals surface area contributed by atoms with Gasteiger partial charge in [-0.25, -0.2) is 0 Å². The van der Waals surface area contributed by atoms with Crippen LogP contribution in [0.4, 0.5) is 5.69 Å². The minimum Gasteiger partial charge on any atom is -0.399 e. The van der Waals surface area contributed by atoms with Crippen LogP contribution in [0.25, 0.3) is 11.3 Å². The molecule has 0 aliphatic heterocycles. The van der Waals surface area contributed by atoms with E-state index in [9.17, 15) is 0 Å². The molecule has 1 aromatic heterocycles. The van der Waals surface area contributed by atoms with Gasteiger partial charge in [-0.05, 0) is 12.1 Å². The van der Waals surface area contributed by atoms with Gasteiger partial charge in [-0.1, -0.05) is 12.1 Å². The summed E-state index contributed by atoms with van der Waals surface area (Å²) in [5.74, 6) is 0. The molecule has 2 aromatic rings. The minimum absolute atomic E-state index is 0.750. The van der Waals surface area contributed by atoms with Gasteiger partial charge in [0.05, 0.1) is 17.9 Å². The zero-order chi connectivity index (χ0) is 8.39. The molecular weight excluding hydrogens is 170 g/mol. The first-order chi connectivity index (χ1) is 5.86. The smallest absolute Gasteiger partial charge is 0.104 e. The van der Waals surface area contributed by atoms with Crippen LogP contribution in [-0.4, -0.2) is 8.75 Å². The van der Waals surface area contributed by atoms with Gasteiger partial charge in [-0.2, -0.15) is 8.75 Å². The van der Waals surface area contributed by atoms with Crippen molar-refractivity contribution >= 4 is 17.4 Å². The Labute approximate surface area is 74.2 Å². The van der Waals surface area contributed by atoms with Crippen molar-refractivity contribution in [2.24, 2.45) is 0 Å². The summed E-state index contributed by atoms with van der Waals surface area (Å²) in [5.41, 5.74) is 8.27. The highest BCUT2D eigenvalue weighted by Crippen LogP contribution is 2.18. The van der Waals surface area contributed by atoms with Crippen LogP contribution in [-0.2, 0) is 0 Å². The van der Waals surface area contributed by atoms with Gasteiger partial charge in [0.15, 0.2) is 0 Å². The van der Waals surface area contributed by atoms with E-state index in [1.165, 1.54) is 11.7 Å². The third-order valence-corrected chi connectivity index (χ3v) is 2.02. The molecule has 0 saturated carbocycles. The molecule has 0 bridgehead atoms. The number of hydrogen-bond donors (Lipinski definition) is 1.